The predicted molar refractivity (Wildman–Crippen MR) is 150 cm³/mol. The third kappa shape index (κ3) is 4.54. The van der Waals surface area contributed by atoms with Crippen molar-refractivity contribution in [1.29, 1.82) is 0 Å². The van der Waals surface area contributed by atoms with Gasteiger partial charge in [-0.1, -0.05) is 59.6 Å². The van der Waals surface area contributed by atoms with Gasteiger partial charge in [-0.3, -0.25) is 9.59 Å². The number of anilines is 1. The second kappa shape index (κ2) is 10.5. The number of carbonyl (C=O) groups excluding carboxylic acids is 2. The van der Waals surface area contributed by atoms with E-state index in [1.807, 2.05) is 0 Å². The standard InChI is InChI=1S/C28H21Cl2N3O6S/c1-38-24-15-17(26(34)32-39-19-7-3-2-4-8-19)11-14-25(24)40(36,37)33-23-13-12-18(29)16-21(23)28(31,27(33)35)20-9-5-6-10-22(20)30/h2-16H,31H2,1H3,(H,32,34). The molecule has 9 nitrogen and oxygen atoms in total. The Balaban J connectivity index is 1.55. The molecule has 1 heterocycles. The predicted octanol–water partition coefficient (Wildman–Crippen LogP) is 4.66. The molecule has 204 valence electrons. The molecular weight excluding hydrogens is 577 g/mol. The minimum Gasteiger partial charge on any atom is -0.495 e. The van der Waals surface area contributed by atoms with E-state index in [0.717, 1.165) is 0 Å². The first kappa shape index (κ1) is 27.5. The maximum Gasteiger partial charge on any atom is 0.284 e. The highest BCUT2D eigenvalue weighted by molar-refractivity contribution is 7.93. The summed E-state index contributed by atoms with van der Waals surface area (Å²) in [6, 6.07) is 22.9. The molecule has 5 rings (SSSR count). The van der Waals surface area contributed by atoms with E-state index >= 15 is 0 Å². The van der Waals surface area contributed by atoms with Crippen LogP contribution in [0.5, 0.6) is 11.5 Å². The number of hydrogen-bond acceptors (Lipinski definition) is 7. The van der Waals surface area contributed by atoms with Gasteiger partial charge in [-0.25, -0.2) is 12.7 Å². The molecule has 0 saturated carbocycles. The summed E-state index contributed by atoms with van der Waals surface area (Å²) in [6.45, 7) is 0. The number of rotatable bonds is 7. The van der Waals surface area contributed by atoms with Crippen molar-refractivity contribution < 1.29 is 27.6 Å². The molecule has 0 bridgehead atoms. The van der Waals surface area contributed by atoms with Crippen LogP contribution in [0.15, 0.2) is 95.9 Å². The number of para-hydroxylation sites is 1. The lowest BCUT2D eigenvalue weighted by Crippen LogP contribution is -2.49. The molecule has 4 aromatic carbocycles. The Kier molecular flexibility index (Phi) is 7.19. The Labute approximate surface area is 240 Å². The van der Waals surface area contributed by atoms with Gasteiger partial charge >= 0.3 is 0 Å². The van der Waals surface area contributed by atoms with Gasteiger partial charge in [0.2, 0.25) is 0 Å². The zero-order valence-electron chi connectivity index (χ0n) is 20.8. The van der Waals surface area contributed by atoms with Crippen LogP contribution in [0.2, 0.25) is 10.0 Å². The molecular formula is C28H21Cl2N3O6S. The lowest BCUT2D eigenvalue weighted by Gasteiger charge is -2.26. The van der Waals surface area contributed by atoms with E-state index in [4.69, 9.17) is 38.5 Å². The van der Waals surface area contributed by atoms with E-state index in [1.165, 1.54) is 43.5 Å². The van der Waals surface area contributed by atoms with Gasteiger partial charge in [0.25, 0.3) is 21.8 Å². The molecule has 12 heteroatoms. The van der Waals surface area contributed by atoms with Crippen LogP contribution < -0.4 is 25.1 Å². The summed E-state index contributed by atoms with van der Waals surface area (Å²) in [5.41, 5.74) is 7.46. The molecule has 2 amide bonds. The highest BCUT2D eigenvalue weighted by atomic mass is 35.5. The monoisotopic (exact) mass is 597 g/mol. The summed E-state index contributed by atoms with van der Waals surface area (Å²) in [7, 11) is -3.37. The number of nitrogens with one attached hydrogen (secondary N) is 1. The molecule has 0 radical (unpaired) electrons. The minimum absolute atomic E-state index is 0.0111. The molecule has 0 fully saturated rings. The van der Waals surface area contributed by atoms with Crippen LogP contribution in [0.25, 0.3) is 0 Å². The van der Waals surface area contributed by atoms with Gasteiger partial charge in [-0.05, 0) is 54.6 Å². The second-order valence-corrected chi connectivity index (χ2v) is 11.3. The molecule has 1 atom stereocenters. The second-order valence-electron chi connectivity index (χ2n) is 8.74. The molecule has 1 aliphatic heterocycles. The van der Waals surface area contributed by atoms with Crippen LogP contribution >= 0.6 is 23.2 Å². The fourth-order valence-corrected chi connectivity index (χ4v) is 6.51. The SMILES string of the molecule is COc1cc(C(=O)NOc2ccccc2)ccc1S(=O)(=O)N1C(=O)C(N)(c2ccccc2Cl)c2cc(Cl)ccc21. The maximum atomic E-state index is 14.0. The summed E-state index contributed by atoms with van der Waals surface area (Å²) >= 11 is 12.6. The summed E-state index contributed by atoms with van der Waals surface area (Å²) in [5, 5.41) is 0.424. The van der Waals surface area contributed by atoms with E-state index < -0.39 is 27.4 Å². The molecule has 0 spiro atoms. The van der Waals surface area contributed by atoms with E-state index in [-0.39, 0.29) is 43.1 Å². The van der Waals surface area contributed by atoms with Crippen LogP contribution in [0, 0.1) is 0 Å². The van der Waals surface area contributed by atoms with Crippen LogP contribution in [-0.4, -0.2) is 27.3 Å². The van der Waals surface area contributed by atoms with Crippen LogP contribution in [-0.2, 0) is 20.4 Å². The Bertz CT molecular complexity index is 1750. The lowest BCUT2D eigenvalue weighted by molar-refractivity contribution is -0.120. The van der Waals surface area contributed by atoms with Crippen LogP contribution in [0.4, 0.5) is 5.69 Å². The van der Waals surface area contributed by atoms with E-state index in [9.17, 15) is 18.0 Å². The van der Waals surface area contributed by atoms with Crippen molar-refractivity contribution >= 4 is 50.7 Å². The van der Waals surface area contributed by atoms with Crippen molar-refractivity contribution in [3.8, 4) is 11.5 Å². The Morgan fingerprint density at radius 1 is 0.925 bits per heavy atom. The molecule has 1 aliphatic rings. The average molecular weight is 598 g/mol. The number of hydroxylamine groups is 1. The molecule has 40 heavy (non-hydrogen) atoms. The number of methoxy groups -OCH3 is 1. The quantitative estimate of drug-likeness (QED) is 0.296. The van der Waals surface area contributed by atoms with Gasteiger partial charge in [0.05, 0.1) is 12.8 Å². The summed E-state index contributed by atoms with van der Waals surface area (Å²) in [6.07, 6.45) is 0. The van der Waals surface area contributed by atoms with E-state index in [1.54, 1.807) is 54.6 Å². The van der Waals surface area contributed by atoms with Gasteiger partial charge in [0, 0.05) is 26.7 Å². The van der Waals surface area contributed by atoms with E-state index in [0.29, 0.717) is 10.1 Å². The number of halogens is 2. The highest BCUT2D eigenvalue weighted by Gasteiger charge is 2.55. The zero-order valence-corrected chi connectivity index (χ0v) is 23.1. The molecule has 1 unspecified atom stereocenters. The van der Waals surface area contributed by atoms with Crippen LogP contribution in [0.3, 0.4) is 0 Å². The number of nitrogens with zero attached hydrogens (tertiary/aromatic N) is 1. The number of amides is 2. The van der Waals surface area contributed by atoms with Crippen molar-refractivity contribution in [1.82, 2.24) is 5.48 Å². The maximum absolute atomic E-state index is 14.0. The third-order valence-electron chi connectivity index (χ3n) is 6.37. The Hall–Kier alpha value is -4.09. The fourth-order valence-electron chi connectivity index (χ4n) is 4.44. The molecule has 0 saturated heterocycles. The number of fused-ring (bicyclic) bond motifs is 1. The zero-order chi connectivity index (χ0) is 28.7. The largest absolute Gasteiger partial charge is 0.495 e. The third-order valence-corrected chi connectivity index (χ3v) is 8.67. The number of ether oxygens (including phenoxy) is 1. The Morgan fingerprint density at radius 3 is 2.33 bits per heavy atom. The number of sulfonamides is 1. The number of hydrogen-bond donors (Lipinski definition) is 2. The summed E-state index contributed by atoms with van der Waals surface area (Å²) in [5.74, 6) is -1.39. The average Bonchev–Trinajstić information content (AvgIpc) is 3.18. The highest BCUT2D eigenvalue weighted by Crippen LogP contribution is 2.48. The minimum atomic E-state index is -4.62. The fraction of sp³-hybridized carbons (Fsp3) is 0.0714. The molecule has 0 aromatic heterocycles. The number of carbonyl (C=O) groups is 2. The normalized spacial score (nSPS) is 16.4. The van der Waals surface area contributed by atoms with Crippen molar-refractivity contribution in [2.75, 3.05) is 11.4 Å². The number of benzene rings is 4. The van der Waals surface area contributed by atoms with Crippen molar-refractivity contribution in [3.05, 3.63) is 118 Å². The molecule has 0 aliphatic carbocycles. The lowest BCUT2D eigenvalue weighted by atomic mass is 9.85. The van der Waals surface area contributed by atoms with Crippen molar-refractivity contribution in [2.24, 2.45) is 5.73 Å². The number of nitrogens with two attached hydrogens (primary N) is 1. The first-order valence-corrected chi connectivity index (χ1v) is 13.9. The summed E-state index contributed by atoms with van der Waals surface area (Å²) < 4.78 is 34.0. The van der Waals surface area contributed by atoms with E-state index in [2.05, 4.69) is 5.48 Å². The topological polar surface area (TPSA) is 128 Å². The van der Waals surface area contributed by atoms with Gasteiger partial charge in [-0.2, -0.15) is 5.48 Å². The van der Waals surface area contributed by atoms with Gasteiger partial charge in [0.1, 0.15) is 10.6 Å². The van der Waals surface area contributed by atoms with Gasteiger partial charge < -0.3 is 15.3 Å². The Morgan fingerprint density at radius 2 is 1.62 bits per heavy atom. The first-order chi connectivity index (χ1) is 19.1. The molecule has 3 N–H and O–H groups in total. The van der Waals surface area contributed by atoms with Crippen molar-refractivity contribution in [3.63, 3.8) is 0 Å². The van der Waals surface area contributed by atoms with Crippen LogP contribution in [0.1, 0.15) is 21.5 Å². The van der Waals surface area contributed by atoms with Gasteiger partial charge in [0.15, 0.2) is 11.3 Å². The molecule has 4 aromatic rings. The summed E-state index contributed by atoms with van der Waals surface area (Å²) in [4.78, 5) is 31.5. The van der Waals surface area contributed by atoms with Gasteiger partial charge in [-0.15, -0.1) is 0 Å². The smallest absolute Gasteiger partial charge is 0.284 e. The first-order valence-electron chi connectivity index (χ1n) is 11.7. The van der Waals surface area contributed by atoms with Crippen molar-refractivity contribution in [2.45, 2.75) is 10.4 Å².